The highest BCUT2D eigenvalue weighted by molar-refractivity contribution is 5.21. The van der Waals surface area contributed by atoms with Crippen LogP contribution < -0.4 is 0 Å². The Labute approximate surface area is 79.6 Å². The molecule has 0 spiro atoms. The Kier molecular flexibility index (Phi) is 2.32. The molecule has 0 unspecified atom stereocenters. The van der Waals surface area contributed by atoms with Crippen LogP contribution in [-0.4, -0.2) is 23.5 Å². The first-order chi connectivity index (χ1) is 6.29. The van der Waals surface area contributed by atoms with E-state index < -0.39 is 0 Å². The molecule has 0 aromatic carbocycles. The quantitative estimate of drug-likeness (QED) is 0.652. The molecule has 70 valence electrons. The number of nitrogens with zero attached hydrogens (tertiary/aromatic N) is 2. The van der Waals surface area contributed by atoms with Gasteiger partial charge >= 0.3 is 0 Å². The van der Waals surface area contributed by atoms with Gasteiger partial charge in [0.1, 0.15) is 0 Å². The van der Waals surface area contributed by atoms with Gasteiger partial charge in [0.05, 0.1) is 11.7 Å². The van der Waals surface area contributed by atoms with Gasteiger partial charge < -0.3 is 0 Å². The maximum atomic E-state index is 4.47. The van der Waals surface area contributed by atoms with Crippen LogP contribution in [0, 0.1) is 6.92 Å². The average molecular weight is 176 g/mol. The van der Waals surface area contributed by atoms with Gasteiger partial charge in [-0.05, 0) is 45.0 Å². The highest BCUT2D eigenvalue weighted by atomic mass is 15.2. The van der Waals surface area contributed by atoms with Crippen molar-refractivity contribution in [2.45, 2.75) is 25.8 Å². The van der Waals surface area contributed by atoms with Crippen molar-refractivity contribution >= 4 is 0 Å². The number of rotatable bonds is 1. The summed E-state index contributed by atoms with van der Waals surface area (Å²) in [6.07, 6.45) is 4.46. The predicted octanol–water partition coefficient (Wildman–Crippen LogP) is 2.16. The number of pyridine rings is 1. The van der Waals surface area contributed by atoms with E-state index in [2.05, 4.69) is 29.9 Å². The zero-order chi connectivity index (χ0) is 9.26. The van der Waals surface area contributed by atoms with E-state index in [0.29, 0.717) is 6.04 Å². The van der Waals surface area contributed by atoms with Gasteiger partial charge in [0.2, 0.25) is 0 Å². The molecule has 13 heavy (non-hydrogen) atoms. The molecule has 1 aromatic heterocycles. The maximum absolute atomic E-state index is 4.47. The molecule has 1 atom stereocenters. The molecular formula is C11H16N2. The number of hydrogen-bond donors (Lipinski definition) is 0. The predicted molar refractivity (Wildman–Crippen MR) is 53.6 cm³/mol. The third-order valence-electron chi connectivity index (χ3n) is 2.89. The fourth-order valence-electron chi connectivity index (χ4n) is 2.10. The Morgan fingerprint density at radius 2 is 2.38 bits per heavy atom. The average Bonchev–Trinajstić information content (AvgIpc) is 2.52. The lowest BCUT2D eigenvalue weighted by Crippen LogP contribution is -2.19. The molecule has 1 aliphatic rings. The summed E-state index contributed by atoms with van der Waals surface area (Å²) in [5.41, 5.74) is 2.59. The fourth-order valence-corrected chi connectivity index (χ4v) is 2.10. The van der Waals surface area contributed by atoms with Crippen molar-refractivity contribution in [1.82, 2.24) is 9.88 Å². The number of likely N-dealkylation sites (tertiary alicyclic amines) is 1. The van der Waals surface area contributed by atoms with Crippen molar-refractivity contribution in [3.63, 3.8) is 0 Å². The smallest absolute Gasteiger partial charge is 0.0604 e. The summed E-state index contributed by atoms with van der Waals surface area (Å²) in [6.45, 7) is 3.36. The number of hydrogen-bond acceptors (Lipinski definition) is 2. The Morgan fingerprint density at radius 1 is 1.54 bits per heavy atom. The third-order valence-corrected chi connectivity index (χ3v) is 2.89. The van der Waals surface area contributed by atoms with Crippen LogP contribution in [0.25, 0.3) is 0 Å². The lowest BCUT2D eigenvalue weighted by molar-refractivity contribution is 0.311. The molecule has 1 aromatic rings. The SMILES string of the molecule is Cc1cccnc1[C@H]1CCCN1C. The molecule has 0 saturated carbocycles. The molecule has 0 aliphatic carbocycles. The van der Waals surface area contributed by atoms with Crippen LogP contribution in [0.5, 0.6) is 0 Å². The molecule has 0 bridgehead atoms. The van der Waals surface area contributed by atoms with E-state index in [0.717, 1.165) is 0 Å². The zero-order valence-corrected chi connectivity index (χ0v) is 8.33. The molecule has 1 saturated heterocycles. The van der Waals surface area contributed by atoms with Gasteiger partial charge in [-0.15, -0.1) is 0 Å². The summed E-state index contributed by atoms with van der Waals surface area (Å²) >= 11 is 0. The van der Waals surface area contributed by atoms with E-state index in [9.17, 15) is 0 Å². The van der Waals surface area contributed by atoms with Gasteiger partial charge in [0, 0.05) is 6.20 Å². The van der Waals surface area contributed by atoms with Crippen LogP contribution in [0.15, 0.2) is 18.3 Å². The standard InChI is InChI=1S/C11H16N2/c1-9-5-3-7-12-11(9)10-6-4-8-13(10)2/h3,5,7,10H,4,6,8H2,1-2H3/t10-/m1/s1. The van der Waals surface area contributed by atoms with Crippen LogP contribution >= 0.6 is 0 Å². The molecule has 0 radical (unpaired) electrons. The number of aromatic nitrogens is 1. The van der Waals surface area contributed by atoms with Gasteiger partial charge in [-0.25, -0.2) is 0 Å². The van der Waals surface area contributed by atoms with Gasteiger partial charge in [0.25, 0.3) is 0 Å². The van der Waals surface area contributed by atoms with Crippen LogP contribution in [0.1, 0.15) is 30.1 Å². The molecule has 2 rings (SSSR count). The molecule has 0 amide bonds. The van der Waals surface area contributed by atoms with Crippen molar-refractivity contribution < 1.29 is 0 Å². The highest BCUT2D eigenvalue weighted by Crippen LogP contribution is 2.30. The monoisotopic (exact) mass is 176 g/mol. The van der Waals surface area contributed by atoms with Crippen LogP contribution in [0.4, 0.5) is 0 Å². The van der Waals surface area contributed by atoms with Crippen LogP contribution in [0.3, 0.4) is 0 Å². The molecule has 1 aliphatic heterocycles. The van der Waals surface area contributed by atoms with Gasteiger partial charge in [-0.2, -0.15) is 0 Å². The summed E-state index contributed by atoms with van der Waals surface area (Å²) in [5, 5.41) is 0. The minimum absolute atomic E-state index is 0.557. The Morgan fingerprint density at radius 3 is 3.00 bits per heavy atom. The summed E-state index contributed by atoms with van der Waals surface area (Å²) < 4.78 is 0. The maximum Gasteiger partial charge on any atom is 0.0604 e. The Hall–Kier alpha value is -0.890. The van der Waals surface area contributed by atoms with Crippen LogP contribution in [-0.2, 0) is 0 Å². The van der Waals surface area contributed by atoms with E-state index in [1.807, 2.05) is 12.3 Å². The van der Waals surface area contributed by atoms with Crippen molar-refractivity contribution in [3.8, 4) is 0 Å². The summed E-state index contributed by atoms with van der Waals surface area (Å²) in [6, 6.07) is 4.71. The molecule has 1 fully saturated rings. The number of aryl methyl sites for hydroxylation is 1. The van der Waals surface area contributed by atoms with Crippen molar-refractivity contribution in [1.29, 1.82) is 0 Å². The third kappa shape index (κ3) is 1.59. The Balaban J connectivity index is 2.29. The van der Waals surface area contributed by atoms with E-state index >= 15 is 0 Å². The van der Waals surface area contributed by atoms with Crippen molar-refractivity contribution in [3.05, 3.63) is 29.6 Å². The zero-order valence-electron chi connectivity index (χ0n) is 8.33. The van der Waals surface area contributed by atoms with E-state index in [4.69, 9.17) is 0 Å². The second-order valence-corrected chi connectivity index (χ2v) is 3.84. The second kappa shape index (κ2) is 3.46. The minimum atomic E-state index is 0.557. The van der Waals surface area contributed by atoms with Crippen molar-refractivity contribution in [2.24, 2.45) is 0 Å². The van der Waals surface area contributed by atoms with Gasteiger partial charge in [0.15, 0.2) is 0 Å². The topological polar surface area (TPSA) is 16.1 Å². The van der Waals surface area contributed by atoms with Crippen LogP contribution in [0.2, 0.25) is 0 Å². The molecule has 2 nitrogen and oxygen atoms in total. The summed E-state index contributed by atoms with van der Waals surface area (Å²) in [7, 11) is 2.19. The largest absolute Gasteiger partial charge is 0.298 e. The lowest BCUT2D eigenvalue weighted by atomic mass is 10.1. The van der Waals surface area contributed by atoms with E-state index in [1.165, 1.54) is 30.6 Å². The first-order valence-electron chi connectivity index (χ1n) is 4.91. The van der Waals surface area contributed by atoms with E-state index in [1.54, 1.807) is 0 Å². The lowest BCUT2D eigenvalue weighted by Gasteiger charge is -2.20. The summed E-state index contributed by atoms with van der Waals surface area (Å²) in [4.78, 5) is 6.87. The molecule has 2 heteroatoms. The van der Waals surface area contributed by atoms with E-state index in [-0.39, 0.29) is 0 Å². The first-order valence-corrected chi connectivity index (χ1v) is 4.91. The Bertz CT molecular complexity index is 296. The second-order valence-electron chi connectivity index (χ2n) is 3.84. The summed E-state index contributed by atoms with van der Waals surface area (Å²) in [5.74, 6) is 0. The normalized spacial score (nSPS) is 23.7. The highest BCUT2D eigenvalue weighted by Gasteiger charge is 2.24. The van der Waals surface area contributed by atoms with Crippen molar-refractivity contribution in [2.75, 3.05) is 13.6 Å². The molecule has 0 N–H and O–H groups in total. The first kappa shape index (κ1) is 8.70. The molecular weight excluding hydrogens is 160 g/mol. The fraction of sp³-hybridized carbons (Fsp3) is 0.545. The van der Waals surface area contributed by atoms with Gasteiger partial charge in [-0.3, -0.25) is 9.88 Å². The molecule has 2 heterocycles. The van der Waals surface area contributed by atoms with Gasteiger partial charge in [-0.1, -0.05) is 6.07 Å². The minimum Gasteiger partial charge on any atom is -0.298 e.